The summed E-state index contributed by atoms with van der Waals surface area (Å²) in [5.41, 5.74) is 15.4. The molecule has 5 aromatic carbocycles. The van der Waals surface area contributed by atoms with Crippen LogP contribution in [0.1, 0.15) is 77.8 Å². The van der Waals surface area contributed by atoms with E-state index in [1.165, 1.54) is 22.3 Å². The highest BCUT2D eigenvalue weighted by molar-refractivity contribution is 9.10. The molecule has 1 fully saturated rings. The van der Waals surface area contributed by atoms with Gasteiger partial charge in [0, 0.05) is 41.9 Å². The van der Waals surface area contributed by atoms with Crippen LogP contribution in [0, 0.1) is 5.92 Å². The minimum Gasteiger partial charge on any atom is -0.494 e. The minimum atomic E-state index is -0.471. The van der Waals surface area contributed by atoms with Crippen molar-refractivity contribution in [1.29, 1.82) is 0 Å². The number of halogens is 1. The Hall–Kier alpha value is -5.45. The van der Waals surface area contributed by atoms with Crippen LogP contribution in [0.2, 0.25) is 0 Å². The van der Waals surface area contributed by atoms with Gasteiger partial charge in [0.05, 0.1) is 6.61 Å². The third-order valence-electron chi connectivity index (χ3n) is 10.9. The number of carbonyl (C=O) groups is 3. The Labute approximate surface area is 348 Å². The summed E-state index contributed by atoms with van der Waals surface area (Å²) in [7, 11) is 0. The van der Waals surface area contributed by atoms with Crippen molar-refractivity contribution in [3.8, 4) is 16.9 Å². The normalized spacial score (nSPS) is 17.1. The molecular weight excluding hydrogens is 794 g/mol. The average Bonchev–Trinajstić information content (AvgIpc) is 3.55. The van der Waals surface area contributed by atoms with Gasteiger partial charge in [0.1, 0.15) is 19.0 Å². The Morgan fingerprint density at radius 1 is 0.707 bits per heavy atom. The number of ether oxygens (including phenoxy) is 3. The van der Waals surface area contributed by atoms with E-state index in [0.717, 1.165) is 33.1 Å². The number of nitrogens with one attached hydrogen (secondary N) is 2. The molecule has 3 atom stereocenters. The maximum absolute atomic E-state index is 12.9. The zero-order valence-corrected chi connectivity index (χ0v) is 34.1. The number of benzene rings is 5. The number of carbonyl (C=O) groups excluding carboxylic acids is 3. The van der Waals surface area contributed by atoms with Crippen molar-refractivity contribution >= 4 is 33.9 Å². The van der Waals surface area contributed by atoms with Gasteiger partial charge in [-0.3, -0.25) is 9.59 Å². The third kappa shape index (κ3) is 11.4. The monoisotopic (exact) mass is 843 g/mol. The lowest BCUT2D eigenvalue weighted by Gasteiger charge is -2.33. The molecule has 0 heterocycles. The highest BCUT2D eigenvalue weighted by Crippen LogP contribution is 2.44. The molecule has 2 aliphatic carbocycles. The van der Waals surface area contributed by atoms with Gasteiger partial charge in [-0.05, 0) is 107 Å². The van der Waals surface area contributed by atoms with Crippen LogP contribution in [-0.2, 0) is 38.6 Å². The lowest BCUT2D eigenvalue weighted by molar-refractivity contribution is -0.146. The first-order chi connectivity index (χ1) is 28.3. The van der Waals surface area contributed by atoms with E-state index < -0.39 is 6.09 Å². The lowest BCUT2D eigenvalue weighted by atomic mass is 9.81. The first-order valence-electron chi connectivity index (χ1n) is 20.1. The Morgan fingerprint density at radius 2 is 1.33 bits per heavy atom. The number of amides is 2. The summed E-state index contributed by atoms with van der Waals surface area (Å²) in [6.07, 6.45) is 3.52. The highest BCUT2D eigenvalue weighted by Gasteiger charge is 2.32. The third-order valence-corrected chi connectivity index (χ3v) is 11.5. The summed E-state index contributed by atoms with van der Waals surface area (Å²) in [5.74, 6) is 0.347. The molecule has 0 aromatic heterocycles. The summed E-state index contributed by atoms with van der Waals surface area (Å²) in [6.45, 7) is 1.28. The predicted octanol–water partition coefficient (Wildman–Crippen LogP) is 8.98. The molecule has 2 aliphatic rings. The molecule has 0 aliphatic heterocycles. The largest absolute Gasteiger partial charge is 0.494 e. The lowest BCUT2D eigenvalue weighted by Crippen LogP contribution is -2.45. The standard InChI is InChI=1S/C48H50BrN3O6/c49-37-19-15-33(16-20-37)24-32-11-13-34(14-12-32)29-51-46(53)10-5-23-56-40-21-17-35(18-22-40)30-57-47(54)27-36-25-38(50)28-39(26-36)52-48(55)58-31-45-43-8-3-1-6-41(43)42-7-2-4-9-44(42)45/h1-4,6-9,11-22,36,38-39,45H,5,10,23-31,50H2,(H,51,53)(H,52,55). The fraction of sp³-hybridized carbons (Fsp3) is 0.312. The summed E-state index contributed by atoms with van der Waals surface area (Å²) in [5, 5.41) is 6.00. The quantitative estimate of drug-likeness (QED) is 0.0669. The molecule has 300 valence electrons. The molecule has 10 heteroatoms. The number of rotatable bonds is 16. The Kier molecular flexibility index (Phi) is 13.9. The molecule has 9 nitrogen and oxygen atoms in total. The molecule has 7 rings (SSSR count). The zero-order valence-electron chi connectivity index (χ0n) is 32.5. The fourth-order valence-electron chi connectivity index (χ4n) is 8.04. The van der Waals surface area contributed by atoms with E-state index in [2.05, 4.69) is 87.2 Å². The number of fused-ring (bicyclic) bond motifs is 3. The topological polar surface area (TPSA) is 129 Å². The smallest absolute Gasteiger partial charge is 0.407 e. The van der Waals surface area contributed by atoms with Crippen LogP contribution in [0.3, 0.4) is 0 Å². The molecule has 4 N–H and O–H groups in total. The second kappa shape index (κ2) is 19.8. The van der Waals surface area contributed by atoms with Gasteiger partial charge in [0.2, 0.25) is 5.91 Å². The summed E-state index contributed by atoms with van der Waals surface area (Å²) in [6, 6.07) is 40.2. The maximum Gasteiger partial charge on any atom is 0.407 e. The van der Waals surface area contributed by atoms with Gasteiger partial charge in [-0.15, -0.1) is 0 Å². The summed E-state index contributed by atoms with van der Waals surface area (Å²) >= 11 is 3.47. The van der Waals surface area contributed by atoms with Crippen molar-refractivity contribution in [2.45, 2.75) is 76.1 Å². The van der Waals surface area contributed by atoms with Crippen molar-refractivity contribution in [2.24, 2.45) is 11.7 Å². The molecule has 1 saturated carbocycles. The second-order valence-corrected chi connectivity index (χ2v) is 16.3. The predicted molar refractivity (Wildman–Crippen MR) is 228 cm³/mol. The molecular formula is C48H50BrN3O6. The van der Waals surface area contributed by atoms with Crippen LogP contribution < -0.4 is 21.1 Å². The van der Waals surface area contributed by atoms with Crippen LogP contribution in [0.15, 0.2) is 126 Å². The van der Waals surface area contributed by atoms with E-state index in [1.807, 2.05) is 60.7 Å². The number of hydrogen-bond acceptors (Lipinski definition) is 7. The molecule has 0 bridgehead atoms. The second-order valence-electron chi connectivity index (χ2n) is 15.4. The van der Waals surface area contributed by atoms with E-state index in [1.54, 1.807) is 0 Å². The van der Waals surface area contributed by atoms with E-state index in [0.29, 0.717) is 51.0 Å². The molecule has 0 radical (unpaired) electrons. The van der Waals surface area contributed by atoms with Crippen LogP contribution in [0.25, 0.3) is 11.1 Å². The molecule has 5 aromatic rings. The Morgan fingerprint density at radius 3 is 2.02 bits per heavy atom. The molecule has 0 saturated heterocycles. The van der Waals surface area contributed by atoms with Crippen LogP contribution >= 0.6 is 15.9 Å². The number of esters is 1. The first-order valence-corrected chi connectivity index (χ1v) is 20.9. The van der Waals surface area contributed by atoms with Gasteiger partial charge < -0.3 is 30.6 Å². The summed E-state index contributed by atoms with van der Waals surface area (Å²) < 4.78 is 18.3. The van der Waals surface area contributed by atoms with Crippen molar-refractivity contribution in [3.05, 3.63) is 159 Å². The fourth-order valence-corrected chi connectivity index (χ4v) is 8.31. The number of hydrogen-bond donors (Lipinski definition) is 3. The van der Waals surface area contributed by atoms with Crippen molar-refractivity contribution in [3.63, 3.8) is 0 Å². The van der Waals surface area contributed by atoms with Crippen molar-refractivity contribution in [1.82, 2.24) is 10.6 Å². The van der Waals surface area contributed by atoms with Crippen LogP contribution in [0.5, 0.6) is 5.75 Å². The average molecular weight is 845 g/mol. The van der Waals surface area contributed by atoms with Gasteiger partial charge in [-0.25, -0.2) is 4.79 Å². The van der Waals surface area contributed by atoms with Gasteiger partial charge in [-0.2, -0.15) is 0 Å². The molecule has 0 spiro atoms. The Balaban J connectivity index is 0.761. The Bertz CT molecular complexity index is 2110. The highest BCUT2D eigenvalue weighted by atomic mass is 79.9. The van der Waals surface area contributed by atoms with Crippen molar-refractivity contribution < 1.29 is 28.6 Å². The van der Waals surface area contributed by atoms with E-state index in [9.17, 15) is 14.4 Å². The van der Waals surface area contributed by atoms with Crippen molar-refractivity contribution in [2.75, 3.05) is 13.2 Å². The molecule has 2 amide bonds. The number of alkyl carbamates (subject to hydrolysis) is 1. The SMILES string of the molecule is NC1CC(CC(=O)OCc2ccc(OCCCC(=O)NCc3ccc(Cc4ccc(Br)cc4)cc3)cc2)CC(NC(=O)OCC2c3ccccc3-c3ccccc32)C1. The minimum absolute atomic E-state index is 0.00646. The summed E-state index contributed by atoms with van der Waals surface area (Å²) in [4.78, 5) is 38.2. The zero-order chi connectivity index (χ0) is 40.3. The van der Waals surface area contributed by atoms with Gasteiger partial charge in [-0.1, -0.05) is 113 Å². The van der Waals surface area contributed by atoms with Crippen LogP contribution in [-0.4, -0.2) is 43.3 Å². The van der Waals surface area contributed by atoms with Gasteiger partial charge in [0.15, 0.2) is 0 Å². The van der Waals surface area contributed by atoms with E-state index in [4.69, 9.17) is 19.9 Å². The molecule has 3 unspecified atom stereocenters. The van der Waals surface area contributed by atoms with E-state index in [-0.39, 0.29) is 55.4 Å². The molecule has 58 heavy (non-hydrogen) atoms. The number of nitrogens with two attached hydrogens (primary N) is 1. The van der Waals surface area contributed by atoms with Gasteiger partial charge >= 0.3 is 12.1 Å². The van der Waals surface area contributed by atoms with Gasteiger partial charge in [0.25, 0.3) is 0 Å². The first kappa shape index (κ1) is 40.7. The van der Waals surface area contributed by atoms with E-state index >= 15 is 0 Å². The van der Waals surface area contributed by atoms with Crippen LogP contribution in [0.4, 0.5) is 4.79 Å². The maximum atomic E-state index is 12.9.